The summed E-state index contributed by atoms with van der Waals surface area (Å²) in [6, 6.07) is 5.83. The number of nitro benzene ring substituents is 1. The summed E-state index contributed by atoms with van der Waals surface area (Å²) >= 11 is 0. The van der Waals surface area contributed by atoms with Gasteiger partial charge < -0.3 is 4.74 Å². The number of methoxy groups -OCH3 is 1. The summed E-state index contributed by atoms with van der Waals surface area (Å²) in [5.74, 6) is -1.04. The first-order chi connectivity index (χ1) is 8.52. The van der Waals surface area contributed by atoms with Gasteiger partial charge in [0.2, 0.25) is 0 Å². The van der Waals surface area contributed by atoms with Gasteiger partial charge in [-0.25, -0.2) is 0 Å². The number of ether oxygens (including phenoxy) is 1. The summed E-state index contributed by atoms with van der Waals surface area (Å²) in [5.41, 5.74) is 0.458. The topological polar surface area (TPSA) is 86.5 Å². The second-order valence-corrected chi connectivity index (χ2v) is 3.40. The Kier molecular flexibility index (Phi) is 4.74. The zero-order valence-corrected chi connectivity index (χ0v) is 9.66. The molecule has 0 heterocycles. The van der Waals surface area contributed by atoms with Crippen LogP contribution in [0.15, 0.2) is 30.3 Å². The molecule has 0 saturated heterocycles. The minimum atomic E-state index is -0.622. The van der Waals surface area contributed by atoms with Gasteiger partial charge in [-0.2, -0.15) is 0 Å². The highest BCUT2D eigenvalue weighted by molar-refractivity contribution is 6.03. The van der Waals surface area contributed by atoms with Gasteiger partial charge in [-0.15, -0.1) is 0 Å². The van der Waals surface area contributed by atoms with Gasteiger partial charge in [-0.1, -0.05) is 18.2 Å². The van der Waals surface area contributed by atoms with Crippen LogP contribution in [0.25, 0.3) is 6.08 Å². The van der Waals surface area contributed by atoms with Gasteiger partial charge in [0.05, 0.1) is 12.0 Å². The number of hydrogen-bond acceptors (Lipinski definition) is 5. The maximum absolute atomic E-state index is 11.3. The van der Waals surface area contributed by atoms with Crippen LogP contribution >= 0.6 is 0 Å². The summed E-state index contributed by atoms with van der Waals surface area (Å²) in [6.07, 6.45) is 2.26. The number of ketones is 1. The highest BCUT2D eigenvalue weighted by atomic mass is 16.6. The lowest BCUT2D eigenvalue weighted by atomic mass is 10.1. The Bertz CT molecular complexity index is 507. The number of non-ortho nitro benzene ring substituents is 1. The zero-order chi connectivity index (χ0) is 13.5. The Labute approximate surface area is 103 Å². The Morgan fingerprint density at radius 2 is 2.17 bits per heavy atom. The Morgan fingerprint density at radius 3 is 2.78 bits per heavy atom. The number of benzene rings is 1. The highest BCUT2D eigenvalue weighted by Crippen LogP contribution is 2.14. The molecule has 0 bridgehead atoms. The third kappa shape index (κ3) is 4.17. The zero-order valence-electron chi connectivity index (χ0n) is 9.66. The van der Waals surface area contributed by atoms with E-state index in [1.54, 1.807) is 6.07 Å². The summed E-state index contributed by atoms with van der Waals surface area (Å²) in [7, 11) is 1.19. The fourth-order valence-electron chi connectivity index (χ4n) is 1.20. The molecule has 0 aliphatic heterocycles. The molecule has 6 nitrogen and oxygen atoms in total. The second-order valence-electron chi connectivity index (χ2n) is 3.40. The predicted molar refractivity (Wildman–Crippen MR) is 63.8 cm³/mol. The lowest BCUT2D eigenvalue weighted by Crippen LogP contribution is -2.06. The van der Waals surface area contributed by atoms with E-state index in [1.165, 1.54) is 37.5 Å². The largest absolute Gasteiger partial charge is 0.469 e. The van der Waals surface area contributed by atoms with E-state index in [-0.39, 0.29) is 12.1 Å². The molecule has 1 aromatic carbocycles. The molecule has 94 valence electrons. The normalized spacial score (nSPS) is 10.3. The minimum Gasteiger partial charge on any atom is -0.469 e. The molecule has 0 unspecified atom stereocenters. The van der Waals surface area contributed by atoms with Crippen molar-refractivity contribution in [2.24, 2.45) is 0 Å². The SMILES string of the molecule is COC(=O)CC(=O)/C=C\c1cccc([N+](=O)[O-])c1. The maximum atomic E-state index is 11.3. The van der Waals surface area contributed by atoms with Crippen LogP contribution in [0.2, 0.25) is 0 Å². The molecule has 6 heteroatoms. The number of nitrogens with zero attached hydrogens (tertiary/aromatic N) is 1. The van der Waals surface area contributed by atoms with Crippen molar-refractivity contribution >= 4 is 23.5 Å². The molecular weight excluding hydrogens is 238 g/mol. The Balaban J connectivity index is 2.72. The third-order valence-corrected chi connectivity index (χ3v) is 2.09. The van der Waals surface area contributed by atoms with Crippen LogP contribution in [0.3, 0.4) is 0 Å². The van der Waals surface area contributed by atoms with Crippen LogP contribution in [0.1, 0.15) is 12.0 Å². The van der Waals surface area contributed by atoms with E-state index in [4.69, 9.17) is 0 Å². The molecule has 0 atom stereocenters. The molecule has 18 heavy (non-hydrogen) atoms. The second kappa shape index (κ2) is 6.29. The van der Waals surface area contributed by atoms with Crippen molar-refractivity contribution in [2.75, 3.05) is 7.11 Å². The van der Waals surface area contributed by atoms with Gasteiger partial charge in [0.25, 0.3) is 5.69 Å². The third-order valence-electron chi connectivity index (χ3n) is 2.09. The standard InChI is InChI=1S/C12H11NO5/c1-18-12(15)8-11(14)6-5-9-3-2-4-10(7-9)13(16)17/h2-7H,8H2,1H3/b6-5-. The van der Waals surface area contributed by atoms with E-state index < -0.39 is 16.7 Å². The maximum Gasteiger partial charge on any atom is 0.313 e. The van der Waals surface area contributed by atoms with E-state index in [1.807, 2.05) is 0 Å². The molecule has 0 radical (unpaired) electrons. The van der Waals surface area contributed by atoms with Crippen LogP contribution in [0, 0.1) is 10.1 Å². The number of carbonyl (C=O) groups is 2. The van der Waals surface area contributed by atoms with Crippen molar-refractivity contribution in [3.63, 3.8) is 0 Å². The fourth-order valence-corrected chi connectivity index (χ4v) is 1.20. The van der Waals surface area contributed by atoms with Crippen LogP contribution in [-0.4, -0.2) is 23.8 Å². The highest BCUT2D eigenvalue weighted by Gasteiger charge is 2.07. The van der Waals surface area contributed by atoms with Gasteiger partial charge in [0.15, 0.2) is 5.78 Å². The average Bonchev–Trinajstić information content (AvgIpc) is 2.36. The molecular formula is C12H11NO5. The summed E-state index contributed by atoms with van der Waals surface area (Å²) < 4.78 is 4.34. The van der Waals surface area contributed by atoms with Crippen molar-refractivity contribution in [3.8, 4) is 0 Å². The molecule has 0 aliphatic carbocycles. The molecule has 0 aliphatic rings. The van der Waals surface area contributed by atoms with Crippen LogP contribution in [-0.2, 0) is 14.3 Å². The molecule has 0 aromatic heterocycles. The molecule has 0 spiro atoms. The molecule has 0 fully saturated rings. The van der Waals surface area contributed by atoms with Crippen molar-refractivity contribution < 1.29 is 19.2 Å². The summed E-state index contributed by atoms with van der Waals surface area (Å²) in [5, 5.41) is 10.5. The Hall–Kier alpha value is -2.50. The van der Waals surface area contributed by atoms with Crippen molar-refractivity contribution in [1.29, 1.82) is 0 Å². The summed E-state index contributed by atoms with van der Waals surface area (Å²) in [6.45, 7) is 0. The van der Waals surface area contributed by atoms with Crippen molar-refractivity contribution in [3.05, 3.63) is 46.0 Å². The van der Waals surface area contributed by atoms with Crippen LogP contribution < -0.4 is 0 Å². The van der Waals surface area contributed by atoms with Gasteiger partial charge in [-0.05, 0) is 11.6 Å². The van der Waals surface area contributed by atoms with E-state index in [0.717, 1.165) is 0 Å². The molecule has 1 aromatic rings. The average molecular weight is 249 g/mol. The molecule has 0 amide bonds. The van der Waals surface area contributed by atoms with Gasteiger partial charge in [0.1, 0.15) is 6.42 Å². The quantitative estimate of drug-likeness (QED) is 0.261. The van der Waals surface area contributed by atoms with Crippen molar-refractivity contribution in [2.45, 2.75) is 6.42 Å². The van der Waals surface area contributed by atoms with Gasteiger partial charge in [-0.3, -0.25) is 19.7 Å². The smallest absolute Gasteiger partial charge is 0.313 e. The minimum absolute atomic E-state index is 0.0578. The number of rotatable bonds is 5. The number of allylic oxidation sites excluding steroid dienone is 1. The monoisotopic (exact) mass is 249 g/mol. The first-order valence-corrected chi connectivity index (χ1v) is 5.05. The van der Waals surface area contributed by atoms with Gasteiger partial charge >= 0.3 is 5.97 Å². The predicted octanol–water partition coefficient (Wildman–Crippen LogP) is 1.74. The lowest BCUT2D eigenvalue weighted by molar-refractivity contribution is -0.384. The van der Waals surface area contributed by atoms with E-state index in [9.17, 15) is 19.7 Å². The Morgan fingerprint density at radius 1 is 1.44 bits per heavy atom. The van der Waals surface area contributed by atoms with Gasteiger partial charge in [0, 0.05) is 12.1 Å². The summed E-state index contributed by atoms with van der Waals surface area (Å²) in [4.78, 5) is 32.1. The first kappa shape index (κ1) is 13.6. The first-order valence-electron chi connectivity index (χ1n) is 5.05. The van der Waals surface area contributed by atoms with Crippen LogP contribution in [0.5, 0.6) is 0 Å². The molecule has 1 rings (SSSR count). The van der Waals surface area contributed by atoms with E-state index in [2.05, 4.69) is 4.74 Å². The van der Waals surface area contributed by atoms with Crippen molar-refractivity contribution in [1.82, 2.24) is 0 Å². The van der Waals surface area contributed by atoms with Crippen LogP contribution in [0.4, 0.5) is 5.69 Å². The number of carbonyl (C=O) groups excluding carboxylic acids is 2. The van der Waals surface area contributed by atoms with E-state index in [0.29, 0.717) is 5.56 Å². The fraction of sp³-hybridized carbons (Fsp3) is 0.167. The number of esters is 1. The lowest BCUT2D eigenvalue weighted by Gasteiger charge is -1.95. The molecule has 0 saturated carbocycles. The van der Waals surface area contributed by atoms with E-state index >= 15 is 0 Å². The number of nitro groups is 1. The molecule has 0 N–H and O–H groups in total. The number of hydrogen-bond donors (Lipinski definition) is 0.